The average molecular weight is 540 g/mol. The SMILES string of the molecule is COCCN1CC[C@@H](Nc2nc(OC)c3c(-c4cc(F)c5ncn(CC(F)F)c5c4)c(F)cn3n2)[C@@H](F)C1. The first-order chi connectivity index (χ1) is 18.3. The van der Waals surface area contributed by atoms with Crippen molar-refractivity contribution in [1.29, 1.82) is 0 Å². The third-order valence-electron chi connectivity index (χ3n) is 6.60. The molecule has 0 aliphatic carbocycles. The van der Waals surface area contributed by atoms with Gasteiger partial charge in [0.2, 0.25) is 11.8 Å². The van der Waals surface area contributed by atoms with Crippen molar-refractivity contribution in [3.8, 4) is 17.0 Å². The lowest BCUT2D eigenvalue weighted by Crippen LogP contribution is -2.48. The first-order valence-electron chi connectivity index (χ1n) is 12.0. The summed E-state index contributed by atoms with van der Waals surface area (Å²) in [6.45, 7) is 1.31. The molecule has 0 amide bonds. The predicted molar refractivity (Wildman–Crippen MR) is 129 cm³/mol. The van der Waals surface area contributed by atoms with E-state index in [2.05, 4.69) is 20.4 Å². The van der Waals surface area contributed by atoms with E-state index in [4.69, 9.17) is 9.47 Å². The molecule has 14 heteroatoms. The Kier molecular flexibility index (Phi) is 7.34. The molecule has 0 bridgehead atoms. The van der Waals surface area contributed by atoms with Gasteiger partial charge in [-0.15, -0.1) is 5.10 Å². The fraction of sp³-hybridized carbons (Fsp3) is 0.458. The number of halogens is 5. The maximum atomic E-state index is 15.3. The number of nitrogens with zero attached hydrogens (tertiary/aromatic N) is 6. The molecule has 0 saturated carbocycles. The molecule has 204 valence electrons. The number of imidazole rings is 1. The second-order valence-electron chi connectivity index (χ2n) is 9.05. The van der Waals surface area contributed by atoms with E-state index in [1.54, 1.807) is 7.11 Å². The molecule has 38 heavy (non-hydrogen) atoms. The van der Waals surface area contributed by atoms with Gasteiger partial charge in [-0.2, -0.15) is 4.98 Å². The number of anilines is 1. The summed E-state index contributed by atoms with van der Waals surface area (Å²) in [5.41, 5.74) is 0.0697. The standard InChI is InChI=1S/C24H26F5N7O2/c1-37-6-5-34-4-3-17(15(26)9-34)31-24-32-23(38-2)22-20(16(27)10-36(22)33-24)13-7-14(25)21-18(8-13)35(12-30-21)11-19(28)29/h7-8,10,12,15,17,19H,3-6,9,11H2,1-2H3,(H,31,33)/t15-,17+/m0/s1. The Labute approximate surface area is 214 Å². The Hall–Kier alpha value is -3.52. The lowest BCUT2D eigenvalue weighted by Gasteiger charge is -2.34. The quantitative estimate of drug-likeness (QED) is 0.325. The van der Waals surface area contributed by atoms with Gasteiger partial charge >= 0.3 is 0 Å². The number of ether oxygens (including phenoxy) is 2. The van der Waals surface area contributed by atoms with Crippen molar-refractivity contribution in [2.75, 3.05) is 45.8 Å². The molecule has 1 aliphatic rings. The van der Waals surface area contributed by atoms with Crippen LogP contribution in [0, 0.1) is 11.6 Å². The first kappa shape index (κ1) is 26.1. The van der Waals surface area contributed by atoms with Crippen LogP contribution in [0.3, 0.4) is 0 Å². The fourth-order valence-corrected chi connectivity index (χ4v) is 4.78. The zero-order valence-electron chi connectivity index (χ0n) is 20.7. The zero-order chi connectivity index (χ0) is 27.0. The number of benzene rings is 1. The molecular weight excluding hydrogens is 513 g/mol. The van der Waals surface area contributed by atoms with Crippen LogP contribution in [0.25, 0.3) is 27.7 Å². The Morgan fingerprint density at radius 2 is 2.00 bits per heavy atom. The van der Waals surface area contributed by atoms with E-state index in [1.165, 1.54) is 17.7 Å². The third-order valence-corrected chi connectivity index (χ3v) is 6.60. The van der Waals surface area contributed by atoms with Crippen molar-refractivity contribution in [2.45, 2.75) is 31.6 Å². The van der Waals surface area contributed by atoms with Gasteiger partial charge in [0.1, 0.15) is 17.2 Å². The monoisotopic (exact) mass is 539 g/mol. The number of piperidine rings is 1. The van der Waals surface area contributed by atoms with E-state index >= 15 is 4.39 Å². The largest absolute Gasteiger partial charge is 0.479 e. The van der Waals surface area contributed by atoms with Gasteiger partial charge in [-0.1, -0.05) is 0 Å². The molecule has 1 saturated heterocycles. The minimum Gasteiger partial charge on any atom is -0.479 e. The summed E-state index contributed by atoms with van der Waals surface area (Å²) in [5.74, 6) is -1.56. The summed E-state index contributed by atoms with van der Waals surface area (Å²) in [6, 6.07) is 1.88. The van der Waals surface area contributed by atoms with Crippen molar-refractivity contribution in [1.82, 2.24) is 29.0 Å². The van der Waals surface area contributed by atoms with Crippen LogP contribution in [0.4, 0.5) is 27.9 Å². The summed E-state index contributed by atoms with van der Waals surface area (Å²) in [7, 11) is 2.92. The Bertz CT molecular complexity index is 1440. The molecule has 2 atom stereocenters. The van der Waals surface area contributed by atoms with E-state index in [1.807, 2.05) is 4.90 Å². The molecule has 4 aromatic rings. The number of alkyl halides is 3. The van der Waals surface area contributed by atoms with Crippen molar-refractivity contribution in [3.05, 3.63) is 36.3 Å². The number of hydrogen-bond acceptors (Lipinski definition) is 7. The summed E-state index contributed by atoms with van der Waals surface area (Å²) < 4.78 is 83.7. The summed E-state index contributed by atoms with van der Waals surface area (Å²) in [4.78, 5) is 10.1. The highest BCUT2D eigenvalue weighted by Crippen LogP contribution is 2.36. The van der Waals surface area contributed by atoms with E-state index in [-0.39, 0.29) is 46.1 Å². The average Bonchev–Trinajstić information content (AvgIpc) is 3.43. The van der Waals surface area contributed by atoms with Crippen LogP contribution in [-0.4, -0.2) is 88.1 Å². The van der Waals surface area contributed by atoms with Crippen LogP contribution in [0.2, 0.25) is 0 Å². The number of nitrogens with one attached hydrogen (secondary N) is 1. The molecule has 1 fully saturated rings. The molecule has 5 rings (SSSR count). The maximum Gasteiger partial charge on any atom is 0.256 e. The van der Waals surface area contributed by atoms with Gasteiger partial charge in [0.15, 0.2) is 11.6 Å². The smallest absolute Gasteiger partial charge is 0.256 e. The fourth-order valence-electron chi connectivity index (χ4n) is 4.78. The van der Waals surface area contributed by atoms with Crippen molar-refractivity contribution in [2.24, 2.45) is 0 Å². The Morgan fingerprint density at radius 1 is 1.18 bits per heavy atom. The molecule has 4 heterocycles. The summed E-state index contributed by atoms with van der Waals surface area (Å²) in [5, 5.41) is 7.26. The minimum atomic E-state index is -2.69. The molecule has 1 aromatic carbocycles. The van der Waals surface area contributed by atoms with Crippen LogP contribution >= 0.6 is 0 Å². The maximum absolute atomic E-state index is 15.3. The lowest BCUT2D eigenvalue weighted by molar-refractivity contribution is 0.0918. The number of rotatable bonds is 9. The number of fused-ring (bicyclic) bond motifs is 2. The number of likely N-dealkylation sites (tertiary alicyclic amines) is 1. The Morgan fingerprint density at radius 3 is 2.71 bits per heavy atom. The second-order valence-corrected chi connectivity index (χ2v) is 9.05. The molecule has 3 aromatic heterocycles. The number of aromatic nitrogens is 5. The van der Waals surface area contributed by atoms with Gasteiger partial charge in [0, 0.05) is 26.7 Å². The van der Waals surface area contributed by atoms with E-state index < -0.39 is 36.8 Å². The molecule has 0 spiro atoms. The third kappa shape index (κ3) is 4.97. The highest BCUT2D eigenvalue weighted by Gasteiger charge is 2.30. The number of hydrogen-bond donors (Lipinski definition) is 1. The van der Waals surface area contributed by atoms with Crippen LogP contribution in [-0.2, 0) is 11.3 Å². The molecule has 9 nitrogen and oxygen atoms in total. The highest BCUT2D eigenvalue weighted by atomic mass is 19.3. The summed E-state index contributed by atoms with van der Waals surface area (Å²) in [6.07, 6.45) is -1.22. The lowest BCUT2D eigenvalue weighted by atomic mass is 10.0. The topological polar surface area (TPSA) is 81.7 Å². The van der Waals surface area contributed by atoms with Crippen LogP contribution in [0.15, 0.2) is 24.7 Å². The van der Waals surface area contributed by atoms with Crippen LogP contribution in [0.5, 0.6) is 5.88 Å². The number of methoxy groups -OCH3 is 2. The Balaban J connectivity index is 1.49. The molecule has 1 N–H and O–H groups in total. The van der Waals surface area contributed by atoms with Gasteiger partial charge in [0.05, 0.1) is 49.9 Å². The molecular formula is C24H26F5N7O2. The van der Waals surface area contributed by atoms with E-state index in [0.717, 1.165) is 23.2 Å². The minimum absolute atomic E-state index is 0.0315. The summed E-state index contributed by atoms with van der Waals surface area (Å²) >= 11 is 0. The van der Waals surface area contributed by atoms with Crippen molar-refractivity contribution < 1.29 is 31.4 Å². The molecule has 1 aliphatic heterocycles. The van der Waals surface area contributed by atoms with E-state index in [0.29, 0.717) is 26.1 Å². The second kappa shape index (κ2) is 10.7. The zero-order valence-corrected chi connectivity index (χ0v) is 20.7. The van der Waals surface area contributed by atoms with Crippen LogP contribution < -0.4 is 10.1 Å². The molecule has 0 radical (unpaired) electrons. The van der Waals surface area contributed by atoms with Crippen molar-refractivity contribution in [3.63, 3.8) is 0 Å². The molecule has 0 unspecified atom stereocenters. The highest BCUT2D eigenvalue weighted by molar-refractivity contribution is 5.90. The van der Waals surface area contributed by atoms with Gasteiger partial charge in [-0.3, -0.25) is 4.90 Å². The van der Waals surface area contributed by atoms with Gasteiger partial charge in [0.25, 0.3) is 6.43 Å². The first-order valence-corrected chi connectivity index (χ1v) is 12.0. The normalized spacial score (nSPS) is 18.6. The van der Waals surface area contributed by atoms with Gasteiger partial charge < -0.3 is 19.4 Å². The van der Waals surface area contributed by atoms with Gasteiger partial charge in [-0.25, -0.2) is 31.5 Å². The van der Waals surface area contributed by atoms with E-state index in [9.17, 15) is 17.6 Å². The van der Waals surface area contributed by atoms with Crippen LogP contribution in [0.1, 0.15) is 6.42 Å². The van der Waals surface area contributed by atoms with Gasteiger partial charge in [-0.05, 0) is 24.1 Å². The van der Waals surface area contributed by atoms with Crippen molar-refractivity contribution >= 4 is 22.5 Å². The predicted octanol–water partition coefficient (Wildman–Crippen LogP) is 3.77.